The van der Waals surface area contributed by atoms with Gasteiger partial charge in [0.25, 0.3) is 0 Å². The molecule has 0 amide bonds. The van der Waals surface area contributed by atoms with Gasteiger partial charge in [-0.25, -0.2) is 0 Å². The third kappa shape index (κ3) is 2.36. The number of aromatic nitrogens is 1. The van der Waals surface area contributed by atoms with Crippen molar-refractivity contribution in [3.05, 3.63) is 30.6 Å². The first-order valence-corrected chi connectivity index (χ1v) is 6.69. The molecule has 3 heteroatoms. The van der Waals surface area contributed by atoms with Gasteiger partial charge in [0.1, 0.15) is 5.75 Å². The van der Waals surface area contributed by atoms with Crippen molar-refractivity contribution in [3.63, 3.8) is 0 Å². The summed E-state index contributed by atoms with van der Waals surface area (Å²) in [4.78, 5) is 0. The molecule has 96 valence electrons. The average molecular weight is 244 g/mol. The molecular formula is C15H20N2O. The molecule has 2 heterocycles. The van der Waals surface area contributed by atoms with Gasteiger partial charge in [-0.05, 0) is 55.4 Å². The smallest absolute Gasteiger partial charge is 0.119 e. The van der Waals surface area contributed by atoms with E-state index >= 15 is 0 Å². The molecule has 1 aliphatic rings. The molecular weight excluding hydrogens is 224 g/mol. The summed E-state index contributed by atoms with van der Waals surface area (Å²) >= 11 is 0. The van der Waals surface area contributed by atoms with Crippen molar-refractivity contribution < 1.29 is 4.74 Å². The zero-order valence-electron chi connectivity index (χ0n) is 10.9. The van der Waals surface area contributed by atoms with E-state index in [-0.39, 0.29) is 0 Å². The van der Waals surface area contributed by atoms with Gasteiger partial charge in [-0.3, -0.25) is 0 Å². The lowest BCUT2D eigenvalue weighted by molar-refractivity contribution is 0.334. The highest BCUT2D eigenvalue weighted by Crippen LogP contribution is 2.23. The fourth-order valence-corrected chi connectivity index (χ4v) is 2.77. The lowest BCUT2D eigenvalue weighted by Gasteiger charge is -2.22. The van der Waals surface area contributed by atoms with E-state index in [2.05, 4.69) is 34.4 Å². The van der Waals surface area contributed by atoms with Gasteiger partial charge in [0, 0.05) is 24.3 Å². The summed E-state index contributed by atoms with van der Waals surface area (Å²) in [5.41, 5.74) is 0. The molecule has 1 aromatic heterocycles. The van der Waals surface area contributed by atoms with E-state index in [1.807, 2.05) is 6.07 Å². The lowest BCUT2D eigenvalue weighted by Crippen LogP contribution is -2.29. The highest BCUT2D eigenvalue weighted by Gasteiger charge is 2.13. The second-order valence-corrected chi connectivity index (χ2v) is 5.14. The molecule has 0 bridgehead atoms. The van der Waals surface area contributed by atoms with Gasteiger partial charge in [-0.15, -0.1) is 0 Å². The van der Waals surface area contributed by atoms with Crippen molar-refractivity contribution in [1.29, 1.82) is 0 Å². The van der Waals surface area contributed by atoms with Crippen molar-refractivity contribution in [2.24, 2.45) is 5.92 Å². The van der Waals surface area contributed by atoms with Crippen LogP contribution in [0.4, 0.5) is 0 Å². The van der Waals surface area contributed by atoms with Gasteiger partial charge in [0.05, 0.1) is 7.11 Å². The molecule has 2 aromatic rings. The molecule has 0 saturated carbocycles. The first-order chi connectivity index (χ1) is 8.85. The highest BCUT2D eigenvalue weighted by atomic mass is 16.5. The molecule has 1 saturated heterocycles. The Morgan fingerprint density at radius 1 is 1.22 bits per heavy atom. The van der Waals surface area contributed by atoms with Gasteiger partial charge in [-0.1, -0.05) is 0 Å². The van der Waals surface area contributed by atoms with Gasteiger partial charge in [-0.2, -0.15) is 0 Å². The van der Waals surface area contributed by atoms with Crippen LogP contribution >= 0.6 is 0 Å². The summed E-state index contributed by atoms with van der Waals surface area (Å²) in [6.45, 7) is 3.47. The lowest BCUT2D eigenvalue weighted by atomic mass is 9.98. The summed E-state index contributed by atoms with van der Waals surface area (Å²) in [6, 6.07) is 6.26. The Morgan fingerprint density at radius 2 is 2.00 bits per heavy atom. The third-order valence-electron chi connectivity index (χ3n) is 3.83. The number of nitrogens with one attached hydrogen (secondary N) is 1. The second-order valence-electron chi connectivity index (χ2n) is 5.14. The van der Waals surface area contributed by atoms with E-state index in [0.29, 0.717) is 0 Å². The van der Waals surface area contributed by atoms with Crippen LogP contribution in [-0.4, -0.2) is 24.8 Å². The van der Waals surface area contributed by atoms with Crippen LogP contribution in [-0.2, 0) is 6.54 Å². The number of fused-ring (bicyclic) bond motifs is 1. The Hall–Kier alpha value is -1.48. The standard InChI is InChI=1S/C15H20N2O/c1-18-15-3-2-13-10-17(11-14(13)8-15)9-12-4-6-16-7-5-12/h2-3,8,10-12,16H,4-7,9H2,1H3. The minimum Gasteiger partial charge on any atom is -0.497 e. The number of hydrogen-bond acceptors (Lipinski definition) is 2. The van der Waals surface area contributed by atoms with E-state index in [0.717, 1.165) is 18.2 Å². The molecule has 0 aliphatic carbocycles. The second kappa shape index (κ2) is 5.02. The number of rotatable bonds is 3. The first kappa shape index (κ1) is 11.6. The van der Waals surface area contributed by atoms with Gasteiger partial charge >= 0.3 is 0 Å². The normalized spacial score (nSPS) is 17.2. The van der Waals surface area contributed by atoms with E-state index < -0.39 is 0 Å². The molecule has 3 nitrogen and oxygen atoms in total. The van der Waals surface area contributed by atoms with Gasteiger partial charge in [0.2, 0.25) is 0 Å². The predicted octanol–water partition coefficient (Wildman–Crippen LogP) is 2.65. The van der Waals surface area contributed by atoms with E-state index in [9.17, 15) is 0 Å². The number of ether oxygens (including phenoxy) is 1. The van der Waals surface area contributed by atoms with Crippen LogP contribution in [0.1, 0.15) is 12.8 Å². The zero-order chi connectivity index (χ0) is 12.4. The molecule has 0 atom stereocenters. The topological polar surface area (TPSA) is 26.2 Å². The Kier molecular flexibility index (Phi) is 3.24. The van der Waals surface area contributed by atoms with Crippen LogP contribution in [0, 0.1) is 5.92 Å². The number of methoxy groups -OCH3 is 1. The Labute approximate surface area is 108 Å². The Bertz CT molecular complexity index is 526. The SMILES string of the molecule is COc1ccc2cn(CC3CCNCC3)cc2c1. The quantitative estimate of drug-likeness (QED) is 0.898. The number of benzene rings is 1. The Balaban J connectivity index is 1.79. The predicted molar refractivity (Wildman–Crippen MR) is 74.1 cm³/mol. The van der Waals surface area contributed by atoms with Crippen LogP contribution in [0.15, 0.2) is 30.6 Å². The molecule has 0 spiro atoms. The van der Waals surface area contributed by atoms with Crippen LogP contribution in [0.25, 0.3) is 10.8 Å². The largest absolute Gasteiger partial charge is 0.497 e. The van der Waals surface area contributed by atoms with Gasteiger partial charge in [0.15, 0.2) is 0 Å². The molecule has 1 aromatic carbocycles. The van der Waals surface area contributed by atoms with E-state index in [4.69, 9.17) is 4.74 Å². The molecule has 0 radical (unpaired) electrons. The summed E-state index contributed by atoms with van der Waals surface area (Å²) in [5, 5.41) is 5.98. The monoisotopic (exact) mass is 244 g/mol. The van der Waals surface area contributed by atoms with Crippen LogP contribution < -0.4 is 10.1 Å². The number of hydrogen-bond donors (Lipinski definition) is 1. The maximum Gasteiger partial charge on any atom is 0.119 e. The number of piperidine rings is 1. The zero-order valence-corrected chi connectivity index (χ0v) is 10.9. The average Bonchev–Trinajstić information content (AvgIpc) is 2.80. The number of nitrogens with zero attached hydrogens (tertiary/aromatic N) is 1. The maximum absolute atomic E-state index is 5.26. The molecule has 1 fully saturated rings. The Morgan fingerprint density at radius 3 is 2.78 bits per heavy atom. The highest BCUT2D eigenvalue weighted by molar-refractivity contribution is 5.83. The molecule has 3 rings (SSSR count). The first-order valence-electron chi connectivity index (χ1n) is 6.69. The van der Waals surface area contributed by atoms with Crippen molar-refractivity contribution in [3.8, 4) is 5.75 Å². The van der Waals surface area contributed by atoms with Crippen molar-refractivity contribution >= 4 is 10.8 Å². The van der Waals surface area contributed by atoms with Crippen LogP contribution in [0.2, 0.25) is 0 Å². The van der Waals surface area contributed by atoms with Crippen molar-refractivity contribution in [2.45, 2.75) is 19.4 Å². The molecule has 1 aliphatic heterocycles. The van der Waals surface area contributed by atoms with Crippen LogP contribution in [0.5, 0.6) is 5.75 Å². The maximum atomic E-state index is 5.26. The van der Waals surface area contributed by atoms with E-state index in [1.165, 1.54) is 36.7 Å². The fraction of sp³-hybridized carbons (Fsp3) is 0.467. The summed E-state index contributed by atoms with van der Waals surface area (Å²) in [6.07, 6.45) is 7.06. The molecule has 18 heavy (non-hydrogen) atoms. The van der Waals surface area contributed by atoms with Gasteiger partial charge < -0.3 is 14.6 Å². The molecule has 1 N–H and O–H groups in total. The summed E-state index contributed by atoms with van der Waals surface area (Å²) < 4.78 is 7.60. The van der Waals surface area contributed by atoms with Crippen LogP contribution in [0.3, 0.4) is 0 Å². The summed E-state index contributed by atoms with van der Waals surface area (Å²) in [5.74, 6) is 1.75. The third-order valence-corrected chi connectivity index (χ3v) is 3.83. The minimum atomic E-state index is 0.815. The van der Waals surface area contributed by atoms with Crippen molar-refractivity contribution in [1.82, 2.24) is 9.88 Å². The minimum absolute atomic E-state index is 0.815. The summed E-state index contributed by atoms with van der Waals surface area (Å²) in [7, 11) is 1.72. The fourth-order valence-electron chi connectivity index (χ4n) is 2.77. The molecule has 0 unspecified atom stereocenters. The van der Waals surface area contributed by atoms with E-state index in [1.54, 1.807) is 7.11 Å². The van der Waals surface area contributed by atoms with Crippen molar-refractivity contribution in [2.75, 3.05) is 20.2 Å².